The number of aromatic nitrogens is 4. The molecule has 154 valence electrons. The quantitative estimate of drug-likeness (QED) is 0.479. The minimum Gasteiger partial charge on any atom is -0.334 e. The highest BCUT2D eigenvalue weighted by Gasteiger charge is 2.18. The number of nitrogen functional groups attached to an aromatic ring is 1. The highest BCUT2D eigenvalue weighted by Crippen LogP contribution is 2.34. The van der Waals surface area contributed by atoms with Crippen molar-refractivity contribution < 1.29 is 4.98 Å². The Hall–Kier alpha value is -4.82. The molecule has 2 heterocycles. The van der Waals surface area contributed by atoms with E-state index < -0.39 is 0 Å². The largest absolute Gasteiger partial charge is 0.351 e. The average Bonchev–Trinajstić information content (AvgIpc) is 2.78. The molecule has 32 heavy (non-hydrogen) atoms. The van der Waals surface area contributed by atoms with Crippen LogP contribution >= 0.6 is 0 Å². The van der Waals surface area contributed by atoms with Gasteiger partial charge < -0.3 is 5.73 Å². The SMILES string of the molecule is Cc1cc(/C=C/C#N)cc(C)c1-c1cccc2c(N)[nH+]c(Nc3ccc(C#N)nn3)nc12. The van der Waals surface area contributed by atoms with Crippen LogP contribution in [0.5, 0.6) is 0 Å². The van der Waals surface area contributed by atoms with Gasteiger partial charge in [-0.3, -0.25) is 0 Å². The van der Waals surface area contributed by atoms with Gasteiger partial charge in [0.2, 0.25) is 5.82 Å². The Morgan fingerprint density at radius 3 is 2.50 bits per heavy atom. The van der Waals surface area contributed by atoms with Crippen LogP contribution in [0.15, 0.2) is 48.5 Å². The van der Waals surface area contributed by atoms with Gasteiger partial charge in [-0.25, -0.2) is 10.3 Å². The number of nitrogens with zero attached hydrogens (tertiary/aromatic N) is 5. The number of nitrogens with one attached hydrogen (secondary N) is 2. The van der Waals surface area contributed by atoms with E-state index in [9.17, 15) is 0 Å². The summed E-state index contributed by atoms with van der Waals surface area (Å²) in [5, 5.41) is 29.4. The number of hydrogen-bond acceptors (Lipinski definition) is 7. The number of fused-ring (bicyclic) bond motifs is 1. The lowest BCUT2D eigenvalue weighted by Gasteiger charge is -2.13. The van der Waals surface area contributed by atoms with Crippen molar-refractivity contribution in [1.82, 2.24) is 15.2 Å². The molecule has 0 aliphatic carbocycles. The van der Waals surface area contributed by atoms with Crippen molar-refractivity contribution in [3.05, 3.63) is 70.9 Å². The molecule has 8 heteroatoms. The van der Waals surface area contributed by atoms with Gasteiger partial charge in [-0.05, 0) is 60.4 Å². The highest BCUT2D eigenvalue weighted by molar-refractivity contribution is 5.99. The summed E-state index contributed by atoms with van der Waals surface area (Å²) in [6.07, 6.45) is 3.26. The van der Waals surface area contributed by atoms with Crippen molar-refractivity contribution in [2.75, 3.05) is 11.1 Å². The van der Waals surface area contributed by atoms with Gasteiger partial charge in [0.05, 0.1) is 11.5 Å². The zero-order chi connectivity index (χ0) is 22.7. The van der Waals surface area contributed by atoms with E-state index in [0.29, 0.717) is 17.6 Å². The Morgan fingerprint density at radius 2 is 1.84 bits per heavy atom. The van der Waals surface area contributed by atoms with Crippen LogP contribution in [0.3, 0.4) is 0 Å². The van der Waals surface area contributed by atoms with Crippen LogP contribution in [0.2, 0.25) is 0 Å². The third-order valence-corrected chi connectivity index (χ3v) is 5.00. The Labute approximate surface area is 184 Å². The number of benzene rings is 2. The molecule has 2 aromatic heterocycles. The fraction of sp³-hybridized carbons (Fsp3) is 0.0833. The van der Waals surface area contributed by atoms with Crippen LogP contribution in [0.4, 0.5) is 17.6 Å². The molecule has 2 aromatic carbocycles. The van der Waals surface area contributed by atoms with Crippen LogP contribution in [0.25, 0.3) is 28.1 Å². The summed E-state index contributed by atoms with van der Waals surface area (Å²) in [5.41, 5.74) is 12.4. The van der Waals surface area contributed by atoms with Crippen molar-refractivity contribution in [2.45, 2.75) is 13.8 Å². The minimum absolute atomic E-state index is 0.229. The van der Waals surface area contributed by atoms with Gasteiger partial charge in [-0.15, -0.1) is 15.2 Å². The van der Waals surface area contributed by atoms with E-state index in [-0.39, 0.29) is 5.69 Å². The molecule has 8 nitrogen and oxygen atoms in total. The third kappa shape index (κ3) is 3.93. The predicted molar refractivity (Wildman–Crippen MR) is 122 cm³/mol. The number of allylic oxidation sites excluding steroid dienone is 1. The van der Waals surface area contributed by atoms with Crippen molar-refractivity contribution in [2.24, 2.45) is 0 Å². The lowest BCUT2D eigenvalue weighted by Crippen LogP contribution is -2.18. The van der Waals surface area contributed by atoms with E-state index in [1.165, 1.54) is 6.08 Å². The van der Waals surface area contributed by atoms with E-state index in [4.69, 9.17) is 21.2 Å². The standard InChI is InChI=1S/C24H18N8/c1-14-11-16(5-4-10-25)12-15(2)21(14)18-6-3-7-19-22(18)29-24(30-23(19)27)28-20-9-8-17(13-26)31-32-20/h3-9,11-12H,1-2H3,(H3,27,28,29,30,32)/p+1/b5-4+. The molecule has 0 aliphatic rings. The van der Waals surface area contributed by atoms with Crippen LogP contribution in [-0.4, -0.2) is 15.2 Å². The second-order valence-electron chi connectivity index (χ2n) is 7.23. The fourth-order valence-corrected chi connectivity index (χ4v) is 3.71. The minimum atomic E-state index is 0.229. The van der Waals surface area contributed by atoms with Gasteiger partial charge in [0.1, 0.15) is 11.6 Å². The predicted octanol–water partition coefficient (Wildman–Crippen LogP) is 3.86. The topological polar surface area (TPSA) is 138 Å². The Morgan fingerprint density at radius 1 is 1.06 bits per heavy atom. The number of para-hydroxylation sites is 1. The molecule has 0 saturated heterocycles. The maximum Gasteiger partial charge on any atom is 0.351 e. The number of aryl methyl sites for hydroxylation is 2. The van der Waals surface area contributed by atoms with E-state index in [2.05, 4.69) is 20.5 Å². The molecule has 4 rings (SSSR count). The number of anilines is 3. The lowest BCUT2D eigenvalue weighted by molar-refractivity contribution is -0.344. The fourth-order valence-electron chi connectivity index (χ4n) is 3.71. The van der Waals surface area contributed by atoms with Gasteiger partial charge >= 0.3 is 5.95 Å². The molecule has 0 unspecified atom stereocenters. The first-order chi connectivity index (χ1) is 15.5. The van der Waals surface area contributed by atoms with E-state index in [0.717, 1.165) is 38.7 Å². The normalized spacial score (nSPS) is 10.8. The van der Waals surface area contributed by atoms with E-state index in [1.54, 1.807) is 18.2 Å². The maximum atomic E-state index is 8.89. The van der Waals surface area contributed by atoms with E-state index in [1.807, 2.05) is 56.3 Å². The molecular weight excluding hydrogens is 400 g/mol. The van der Waals surface area contributed by atoms with Crippen LogP contribution in [0.1, 0.15) is 22.4 Å². The number of hydrogen-bond donors (Lipinski definition) is 2. The molecule has 0 atom stereocenters. The summed E-state index contributed by atoms with van der Waals surface area (Å²) in [5.74, 6) is 1.31. The second kappa shape index (κ2) is 8.50. The summed E-state index contributed by atoms with van der Waals surface area (Å²) >= 11 is 0. The average molecular weight is 419 g/mol. The van der Waals surface area contributed by atoms with Crippen molar-refractivity contribution in [3.63, 3.8) is 0 Å². The zero-order valence-corrected chi connectivity index (χ0v) is 17.5. The molecule has 0 aliphatic heterocycles. The molecular formula is C24H19N8+. The molecule has 4 aromatic rings. The Balaban J connectivity index is 1.83. The first-order valence-electron chi connectivity index (χ1n) is 9.80. The monoisotopic (exact) mass is 419 g/mol. The first-order valence-corrected chi connectivity index (χ1v) is 9.80. The molecule has 0 radical (unpaired) electrons. The molecule has 0 saturated carbocycles. The number of nitriles is 2. The molecule has 4 N–H and O–H groups in total. The lowest BCUT2D eigenvalue weighted by atomic mass is 9.92. The smallest absolute Gasteiger partial charge is 0.334 e. The van der Waals surface area contributed by atoms with E-state index >= 15 is 0 Å². The molecule has 0 amide bonds. The number of aromatic amines is 1. The number of rotatable bonds is 4. The summed E-state index contributed by atoms with van der Waals surface area (Å²) in [6, 6.07) is 17.1. The van der Waals surface area contributed by atoms with Crippen molar-refractivity contribution in [1.29, 1.82) is 10.5 Å². The van der Waals surface area contributed by atoms with Gasteiger partial charge in [0.25, 0.3) is 0 Å². The first kappa shape index (κ1) is 20.5. The zero-order valence-electron chi connectivity index (χ0n) is 17.5. The van der Waals surface area contributed by atoms with Crippen LogP contribution in [0, 0.1) is 36.5 Å². The number of H-pyrrole nitrogens is 1. The molecule has 0 fully saturated rings. The highest BCUT2D eigenvalue weighted by atomic mass is 15.2. The second-order valence-corrected chi connectivity index (χ2v) is 7.23. The Bertz CT molecular complexity index is 1420. The summed E-state index contributed by atoms with van der Waals surface area (Å²) in [7, 11) is 0. The van der Waals surface area contributed by atoms with Crippen LogP contribution < -0.4 is 16.0 Å². The summed E-state index contributed by atoms with van der Waals surface area (Å²) in [6.45, 7) is 4.07. The van der Waals surface area contributed by atoms with Gasteiger partial charge in [0, 0.05) is 11.6 Å². The van der Waals surface area contributed by atoms with Gasteiger partial charge in [-0.2, -0.15) is 10.5 Å². The van der Waals surface area contributed by atoms with Crippen molar-refractivity contribution in [3.8, 4) is 23.3 Å². The van der Waals surface area contributed by atoms with Gasteiger partial charge in [-0.1, -0.05) is 24.3 Å². The summed E-state index contributed by atoms with van der Waals surface area (Å²) < 4.78 is 0. The van der Waals surface area contributed by atoms with Gasteiger partial charge in [0.15, 0.2) is 11.5 Å². The molecule has 0 bridgehead atoms. The molecule has 0 spiro atoms. The number of nitrogens with two attached hydrogens (primary N) is 1. The Kier molecular flexibility index (Phi) is 5.44. The third-order valence-electron chi connectivity index (χ3n) is 5.00. The summed E-state index contributed by atoms with van der Waals surface area (Å²) in [4.78, 5) is 7.82. The maximum absolute atomic E-state index is 8.89. The van der Waals surface area contributed by atoms with Crippen molar-refractivity contribution >= 4 is 34.6 Å². The van der Waals surface area contributed by atoms with Crippen LogP contribution in [-0.2, 0) is 0 Å².